The second-order valence-electron chi connectivity index (χ2n) is 5.95. The van der Waals surface area contributed by atoms with Gasteiger partial charge in [-0.3, -0.25) is 4.79 Å². The fourth-order valence-electron chi connectivity index (χ4n) is 3.13. The van der Waals surface area contributed by atoms with Crippen molar-refractivity contribution in [2.45, 2.75) is 5.37 Å². The summed E-state index contributed by atoms with van der Waals surface area (Å²) in [4.78, 5) is 15.0. The van der Waals surface area contributed by atoms with Gasteiger partial charge in [-0.05, 0) is 35.0 Å². The lowest BCUT2D eigenvalue weighted by atomic mass is 10.1. The van der Waals surface area contributed by atoms with Crippen molar-refractivity contribution in [3.8, 4) is 0 Å². The van der Waals surface area contributed by atoms with Crippen molar-refractivity contribution < 1.29 is 4.79 Å². The lowest BCUT2D eigenvalue weighted by Crippen LogP contribution is -2.30. The molecule has 126 valence electrons. The highest BCUT2D eigenvalue weighted by atomic mass is 35.5. The molecule has 2 nitrogen and oxygen atoms in total. The molecule has 4 rings (SSSR count). The van der Waals surface area contributed by atoms with Crippen LogP contribution in [0.1, 0.15) is 21.3 Å². The number of nitrogens with zero attached hydrogens (tertiary/aromatic N) is 1. The molecule has 1 unspecified atom stereocenters. The Morgan fingerprint density at radius 2 is 1.80 bits per heavy atom. The predicted molar refractivity (Wildman–Crippen MR) is 107 cm³/mol. The minimum Gasteiger partial charge on any atom is -0.322 e. The molecule has 0 N–H and O–H groups in total. The topological polar surface area (TPSA) is 20.3 Å². The zero-order valence-electron chi connectivity index (χ0n) is 13.3. The third-order valence-electron chi connectivity index (χ3n) is 4.38. The van der Waals surface area contributed by atoms with Crippen molar-refractivity contribution in [2.75, 3.05) is 12.3 Å². The smallest absolute Gasteiger partial charge is 0.255 e. The van der Waals surface area contributed by atoms with Crippen molar-refractivity contribution in [2.24, 2.45) is 0 Å². The molecule has 1 amide bonds. The molecule has 0 aromatic heterocycles. The zero-order chi connectivity index (χ0) is 17.4. The van der Waals surface area contributed by atoms with Crippen LogP contribution in [0.5, 0.6) is 0 Å². The maximum atomic E-state index is 13.1. The first kappa shape index (κ1) is 16.8. The molecule has 5 heteroatoms. The fraction of sp³-hybridized carbons (Fsp3) is 0.150. The van der Waals surface area contributed by atoms with E-state index in [9.17, 15) is 4.79 Å². The number of fused-ring (bicyclic) bond motifs is 1. The van der Waals surface area contributed by atoms with Gasteiger partial charge in [0.25, 0.3) is 5.91 Å². The predicted octanol–water partition coefficient (Wildman–Crippen LogP) is 6.03. The van der Waals surface area contributed by atoms with Crippen molar-refractivity contribution in [3.05, 3.63) is 81.8 Å². The number of carbonyl (C=O) groups excluding carboxylic acids is 1. The van der Waals surface area contributed by atoms with Gasteiger partial charge in [0.15, 0.2) is 0 Å². The molecule has 3 aromatic carbocycles. The lowest BCUT2D eigenvalue weighted by Gasteiger charge is -2.25. The Morgan fingerprint density at radius 1 is 1.00 bits per heavy atom. The number of amides is 1. The first-order valence-corrected chi connectivity index (χ1v) is 9.80. The molecule has 1 fully saturated rings. The quantitative estimate of drug-likeness (QED) is 0.534. The first-order valence-electron chi connectivity index (χ1n) is 8.00. The number of carbonyl (C=O) groups is 1. The van der Waals surface area contributed by atoms with Crippen LogP contribution in [0.3, 0.4) is 0 Å². The summed E-state index contributed by atoms with van der Waals surface area (Å²) in [6.45, 7) is 0.708. The van der Waals surface area contributed by atoms with Gasteiger partial charge in [0.1, 0.15) is 5.37 Å². The van der Waals surface area contributed by atoms with Crippen molar-refractivity contribution in [3.63, 3.8) is 0 Å². The number of thioether (sulfide) groups is 1. The minimum atomic E-state index is -0.0799. The van der Waals surface area contributed by atoms with Crippen LogP contribution in [-0.4, -0.2) is 23.1 Å². The number of rotatable bonds is 2. The van der Waals surface area contributed by atoms with E-state index in [1.54, 1.807) is 17.8 Å². The van der Waals surface area contributed by atoms with Crippen LogP contribution >= 0.6 is 35.0 Å². The summed E-state index contributed by atoms with van der Waals surface area (Å²) in [6.07, 6.45) is 0. The van der Waals surface area contributed by atoms with Crippen LogP contribution in [0.25, 0.3) is 10.8 Å². The summed E-state index contributed by atoms with van der Waals surface area (Å²) in [5, 5.41) is 3.32. The van der Waals surface area contributed by atoms with Gasteiger partial charge in [-0.25, -0.2) is 0 Å². The Bertz CT molecular complexity index is 959. The van der Waals surface area contributed by atoms with Gasteiger partial charge in [0, 0.05) is 33.5 Å². The molecule has 0 spiro atoms. The Morgan fingerprint density at radius 3 is 2.60 bits per heavy atom. The maximum Gasteiger partial charge on any atom is 0.255 e. The van der Waals surface area contributed by atoms with E-state index in [4.69, 9.17) is 23.2 Å². The molecule has 0 saturated carbocycles. The summed E-state index contributed by atoms with van der Waals surface area (Å²) >= 11 is 14.1. The summed E-state index contributed by atoms with van der Waals surface area (Å²) in [5.74, 6) is 0.926. The molecule has 1 heterocycles. The van der Waals surface area contributed by atoms with Crippen molar-refractivity contribution >= 4 is 51.6 Å². The van der Waals surface area contributed by atoms with Gasteiger partial charge in [-0.2, -0.15) is 0 Å². The molecular formula is C20H15Cl2NOS. The number of hydrogen-bond donors (Lipinski definition) is 0. The van der Waals surface area contributed by atoms with Crippen molar-refractivity contribution in [1.29, 1.82) is 0 Å². The van der Waals surface area contributed by atoms with Crippen LogP contribution in [0, 0.1) is 0 Å². The van der Waals surface area contributed by atoms with E-state index in [-0.39, 0.29) is 11.3 Å². The van der Waals surface area contributed by atoms with E-state index < -0.39 is 0 Å². The van der Waals surface area contributed by atoms with E-state index in [1.165, 1.54) is 0 Å². The van der Waals surface area contributed by atoms with E-state index in [1.807, 2.05) is 59.5 Å². The van der Waals surface area contributed by atoms with Crippen LogP contribution < -0.4 is 0 Å². The molecule has 3 aromatic rings. The number of hydrogen-bond acceptors (Lipinski definition) is 2. The van der Waals surface area contributed by atoms with Crippen molar-refractivity contribution in [1.82, 2.24) is 4.90 Å². The average Bonchev–Trinajstić information content (AvgIpc) is 3.10. The lowest BCUT2D eigenvalue weighted by molar-refractivity contribution is 0.0760. The molecule has 25 heavy (non-hydrogen) atoms. The molecule has 1 aliphatic rings. The van der Waals surface area contributed by atoms with Gasteiger partial charge < -0.3 is 4.90 Å². The summed E-state index contributed by atoms with van der Waals surface area (Å²) < 4.78 is 0. The van der Waals surface area contributed by atoms with E-state index >= 15 is 0 Å². The van der Waals surface area contributed by atoms with Gasteiger partial charge in [-0.15, -0.1) is 11.8 Å². The fourth-order valence-corrected chi connectivity index (χ4v) is 4.99. The van der Waals surface area contributed by atoms with Gasteiger partial charge in [0.05, 0.1) is 0 Å². The summed E-state index contributed by atoms with van der Waals surface area (Å²) in [5.41, 5.74) is 1.64. The van der Waals surface area contributed by atoms with E-state index in [0.29, 0.717) is 22.2 Å². The first-order chi connectivity index (χ1) is 12.1. The minimum absolute atomic E-state index is 0.0340. The molecule has 1 aliphatic heterocycles. The Labute approximate surface area is 160 Å². The number of halogens is 2. The third-order valence-corrected chi connectivity index (χ3v) is 6.18. The second-order valence-corrected chi connectivity index (χ2v) is 7.98. The standard InChI is InChI=1S/C20H15Cl2NOS/c21-16-7-8-17(18(22)12-16)20-23(9-10-25-20)19(24)15-6-5-13-3-1-2-4-14(13)11-15/h1-8,11-12,20H,9-10H2. The second kappa shape index (κ2) is 6.91. The highest BCUT2D eigenvalue weighted by Gasteiger charge is 2.32. The monoisotopic (exact) mass is 387 g/mol. The van der Waals surface area contributed by atoms with Gasteiger partial charge >= 0.3 is 0 Å². The van der Waals surface area contributed by atoms with Gasteiger partial charge in [0.2, 0.25) is 0 Å². The highest BCUT2D eigenvalue weighted by Crippen LogP contribution is 2.42. The molecule has 0 bridgehead atoms. The highest BCUT2D eigenvalue weighted by molar-refractivity contribution is 7.99. The molecule has 1 saturated heterocycles. The van der Waals surface area contributed by atoms with Crippen LogP contribution in [-0.2, 0) is 0 Å². The number of benzene rings is 3. The third kappa shape index (κ3) is 3.24. The maximum absolute atomic E-state index is 13.1. The van der Waals surface area contributed by atoms with Crippen LogP contribution in [0.4, 0.5) is 0 Å². The molecule has 0 aliphatic carbocycles. The average molecular weight is 388 g/mol. The summed E-state index contributed by atoms with van der Waals surface area (Å²) in [7, 11) is 0. The summed E-state index contributed by atoms with van der Waals surface area (Å²) in [6, 6.07) is 19.4. The van der Waals surface area contributed by atoms with Crippen LogP contribution in [0.15, 0.2) is 60.7 Å². The normalized spacial score (nSPS) is 17.2. The van der Waals surface area contributed by atoms with E-state index in [0.717, 1.165) is 22.1 Å². The molecular weight excluding hydrogens is 373 g/mol. The van der Waals surface area contributed by atoms with Crippen LogP contribution in [0.2, 0.25) is 10.0 Å². The SMILES string of the molecule is O=C(c1ccc2ccccc2c1)N1CCSC1c1ccc(Cl)cc1Cl. The largest absolute Gasteiger partial charge is 0.322 e. The Hall–Kier alpha value is -1.68. The van der Waals surface area contributed by atoms with E-state index in [2.05, 4.69) is 0 Å². The van der Waals surface area contributed by atoms with Gasteiger partial charge in [-0.1, -0.05) is 59.6 Å². The Kier molecular flexibility index (Phi) is 4.63. The Balaban J connectivity index is 1.67. The zero-order valence-corrected chi connectivity index (χ0v) is 15.6. The molecule has 1 atom stereocenters. The molecule has 0 radical (unpaired) electrons.